The maximum atomic E-state index is 6.07. The fourth-order valence-corrected chi connectivity index (χ4v) is 3.52. The van der Waals surface area contributed by atoms with Gasteiger partial charge in [-0.2, -0.15) is 0 Å². The van der Waals surface area contributed by atoms with Crippen LogP contribution in [0.4, 0.5) is 0 Å². The fraction of sp³-hybridized carbons (Fsp3) is 0.333. The van der Waals surface area contributed by atoms with E-state index in [1.165, 1.54) is 5.56 Å². The largest absolute Gasteiger partial charge is 0.489 e. The molecule has 0 saturated carbocycles. The highest BCUT2D eigenvalue weighted by Crippen LogP contribution is 2.26. The van der Waals surface area contributed by atoms with Crippen LogP contribution in [0.1, 0.15) is 30.0 Å². The summed E-state index contributed by atoms with van der Waals surface area (Å²) >= 11 is 0. The van der Waals surface area contributed by atoms with Crippen molar-refractivity contribution < 1.29 is 4.74 Å². The van der Waals surface area contributed by atoms with Crippen molar-refractivity contribution in [1.29, 1.82) is 0 Å². The third-order valence-corrected chi connectivity index (χ3v) is 4.99. The van der Waals surface area contributed by atoms with Gasteiger partial charge in [-0.3, -0.25) is 9.88 Å². The standard InChI is InChI=1S/C21H24N4O/c1-2-6-21(26-16-18-4-3-9-22-14-18)19(5-1)15-24-11-7-20(8-12-24)25-13-10-23-17-25/h1-6,9-10,13-14,17,20H,7-8,11-12,15-16H2. The van der Waals surface area contributed by atoms with E-state index in [0.29, 0.717) is 12.6 Å². The first-order valence-corrected chi connectivity index (χ1v) is 9.18. The van der Waals surface area contributed by atoms with Gasteiger partial charge in [0, 0.05) is 61.6 Å². The molecule has 3 aromatic rings. The van der Waals surface area contributed by atoms with Gasteiger partial charge in [0.2, 0.25) is 0 Å². The van der Waals surface area contributed by atoms with E-state index in [4.69, 9.17) is 4.74 Å². The molecule has 1 aromatic carbocycles. The van der Waals surface area contributed by atoms with E-state index in [1.54, 1.807) is 6.20 Å². The number of hydrogen-bond donors (Lipinski definition) is 0. The summed E-state index contributed by atoms with van der Waals surface area (Å²) in [5.74, 6) is 0.966. The van der Waals surface area contributed by atoms with E-state index in [0.717, 1.165) is 43.8 Å². The fourth-order valence-electron chi connectivity index (χ4n) is 3.52. The number of piperidine rings is 1. The normalized spacial score (nSPS) is 15.8. The van der Waals surface area contributed by atoms with Crippen molar-refractivity contribution in [2.45, 2.75) is 32.0 Å². The Labute approximate surface area is 154 Å². The van der Waals surface area contributed by atoms with E-state index in [1.807, 2.05) is 36.9 Å². The second-order valence-electron chi connectivity index (χ2n) is 6.77. The van der Waals surface area contributed by atoms with Crippen LogP contribution < -0.4 is 4.74 Å². The van der Waals surface area contributed by atoms with Crippen molar-refractivity contribution >= 4 is 0 Å². The van der Waals surface area contributed by atoms with E-state index < -0.39 is 0 Å². The van der Waals surface area contributed by atoms with E-state index >= 15 is 0 Å². The van der Waals surface area contributed by atoms with Crippen LogP contribution in [-0.4, -0.2) is 32.5 Å². The molecule has 1 saturated heterocycles. The van der Waals surface area contributed by atoms with Crippen LogP contribution in [0, 0.1) is 0 Å². The van der Waals surface area contributed by atoms with Crippen LogP contribution >= 0.6 is 0 Å². The van der Waals surface area contributed by atoms with Gasteiger partial charge in [-0.15, -0.1) is 0 Å². The van der Waals surface area contributed by atoms with Crippen LogP contribution in [-0.2, 0) is 13.2 Å². The Hall–Kier alpha value is -2.66. The van der Waals surface area contributed by atoms with E-state index in [-0.39, 0.29) is 0 Å². The number of imidazole rings is 1. The zero-order chi connectivity index (χ0) is 17.6. The topological polar surface area (TPSA) is 43.2 Å². The first kappa shape index (κ1) is 16.8. The number of pyridine rings is 1. The number of aromatic nitrogens is 3. The number of hydrogen-bond acceptors (Lipinski definition) is 4. The minimum atomic E-state index is 0.549. The molecule has 0 spiro atoms. The lowest BCUT2D eigenvalue weighted by molar-refractivity contribution is 0.176. The molecule has 3 heterocycles. The van der Waals surface area contributed by atoms with Gasteiger partial charge >= 0.3 is 0 Å². The van der Waals surface area contributed by atoms with Crippen molar-refractivity contribution in [3.8, 4) is 5.75 Å². The highest BCUT2D eigenvalue weighted by atomic mass is 16.5. The van der Waals surface area contributed by atoms with Gasteiger partial charge in [0.1, 0.15) is 12.4 Å². The van der Waals surface area contributed by atoms with Gasteiger partial charge < -0.3 is 9.30 Å². The van der Waals surface area contributed by atoms with Crippen LogP contribution in [0.5, 0.6) is 5.75 Å². The van der Waals surface area contributed by atoms with Crippen molar-refractivity contribution in [2.24, 2.45) is 0 Å². The maximum absolute atomic E-state index is 6.07. The monoisotopic (exact) mass is 348 g/mol. The Morgan fingerprint density at radius 2 is 1.88 bits per heavy atom. The highest BCUT2D eigenvalue weighted by Gasteiger charge is 2.21. The Morgan fingerprint density at radius 3 is 2.65 bits per heavy atom. The zero-order valence-corrected chi connectivity index (χ0v) is 14.9. The number of ether oxygens (including phenoxy) is 1. The SMILES string of the molecule is c1cncc(COc2ccccc2CN2CCC(n3ccnc3)CC2)c1. The summed E-state index contributed by atoms with van der Waals surface area (Å²) in [6.45, 7) is 3.67. The summed E-state index contributed by atoms with van der Waals surface area (Å²) in [5.41, 5.74) is 2.33. The Bertz CT molecular complexity index is 796. The maximum Gasteiger partial charge on any atom is 0.124 e. The smallest absolute Gasteiger partial charge is 0.124 e. The number of benzene rings is 1. The lowest BCUT2D eigenvalue weighted by atomic mass is 10.0. The minimum absolute atomic E-state index is 0.549. The van der Waals surface area contributed by atoms with Crippen LogP contribution in [0.3, 0.4) is 0 Å². The molecule has 0 bridgehead atoms. The molecule has 5 heteroatoms. The number of likely N-dealkylation sites (tertiary alicyclic amines) is 1. The second-order valence-corrected chi connectivity index (χ2v) is 6.77. The summed E-state index contributed by atoms with van der Waals surface area (Å²) in [6.07, 6.45) is 11.8. The van der Waals surface area contributed by atoms with Gasteiger partial charge in [-0.05, 0) is 25.0 Å². The Kier molecular flexibility index (Phi) is 5.26. The van der Waals surface area contributed by atoms with Crippen molar-refractivity contribution in [3.63, 3.8) is 0 Å². The van der Waals surface area contributed by atoms with Crippen LogP contribution in [0.25, 0.3) is 0 Å². The number of rotatable bonds is 6. The molecule has 0 radical (unpaired) electrons. The lowest BCUT2D eigenvalue weighted by Crippen LogP contribution is -2.34. The Balaban J connectivity index is 1.35. The lowest BCUT2D eigenvalue weighted by Gasteiger charge is -2.32. The Morgan fingerprint density at radius 1 is 1.00 bits per heavy atom. The van der Waals surface area contributed by atoms with Crippen molar-refractivity contribution in [3.05, 3.63) is 78.6 Å². The average molecular weight is 348 g/mol. The second kappa shape index (κ2) is 8.15. The summed E-state index contributed by atoms with van der Waals surface area (Å²) in [6, 6.07) is 12.9. The molecular formula is C21H24N4O. The first-order valence-electron chi connectivity index (χ1n) is 9.18. The zero-order valence-electron chi connectivity index (χ0n) is 14.9. The van der Waals surface area contributed by atoms with Crippen LogP contribution in [0.15, 0.2) is 67.5 Å². The first-order chi connectivity index (χ1) is 12.9. The molecule has 0 N–H and O–H groups in total. The molecule has 134 valence electrons. The molecular weight excluding hydrogens is 324 g/mol. The molecule has 1 aliphatic rings. The molecule has 0 unspecified atom stereocenters. The average Bonchev–Trinajstić information content (AvgIpc) is 3.24. The van der Waals surface area contributed by atoms with Gasteiger partial charge in [0.05, 0.1) is 6.33 Å². The third-order valence-electron chi connectivity index (χ3n) is 4.99. The molecule has 0 atom stereocenters. The molecule has 0 amide bonds. The van der Waals surface area contributed by atoms with Gasteiger partial charge in [-0.25, -0.2) is 4.98 Å². The minimum Gasteiger partial charge on any atom is -0.489 e. The predicted molar refractivity (Wildman–Crippen MR) is 101 cm³/mol. The summed E-state index contributed by atoms with van der Waals surface area (Å²) in [7, 11) is 0. The van der Waals surface area contributed by atoms with Gasteiger partial charge in [-0.1, -0.05) is 24.3 Å². The highest BCUT2D eigenvalue weighted by molar-refractivity contribution is 5.33. The number of para-hydroxylation sites is 1. The number of nitrogens with zero attached hydrogens (tertiary/aromatic N) is 4. The molecule has 1 fully saturated rings. The summed E-state index contributed by atoms with van der Waals surface area (Å²) < 4.78 is 8.30. The molecule has 4 rings (SSSR count). The van der Waals surface area contributed by atoms with Crippen LogP contribution in [0.2, 0.25) is 0 Å². The van der Waals surface area contributed by atoms with Crippen molar-refractivity contribution in [1.82, 2.24) is 19.4 Å². The van der Waals surface area contributed by atoms with Crippen molar-refractivity contribution in [2.75, 3.05) is 13.1 Å². The summed E-state index contributed by atoms with van der Waals surface area (Å²) in [4.78, 5) is 10.8. The molecule has 2 aromatic heterocycles. The van der Waals surface area contributed by atoms with E-state index in [9.17, 15) is 0 Å². The molecule has 26 heavy (non-hydrogen) atoms. The van der Waals surface area contributed by atoms with Gasteiger partial charge in [0.25, 0.3) is 0 Å². The predicted octanol–water partition coefficient (Wildman–Crippen LogP) is 3.69. The van der Waals surface area contributed by atoms with E-state index in [2.05, 4.69) is 43.8 Å². The molecule has 5 nitrogen and oxygen atoms in total. The van der Waals surface area contributed by atoms with Gasteiger partial charge in [0.15, 0.2) is 0 Å². The molecule has 1 aliphatic heterocycles. The molecule has 0 aliphatic carbocycles. The third kappa shape index (κ3) is 4.11. The quantitative estimate of drug-likeness (QED) is 0.681. The summed E-state index contributed by atoms with van der Waals surface area (Å²) in [5, 5.41) is 0.